The Morgan fingerprint density at radius 3 is 1.04 bits per heavy atom. The van der Waals surface area contributed by atoms with E-state index in [1.165, 1.54) is 0 Å². The molecule has 0 unspecified atom stereocenters. The predicted molar refractivity (Wildman–Crippen MR) is 104 cm³/mol. The molecule has 0 fully saturated rings. The van der Waals surface area contributed by atoms with Gasteiger partial charge in [0.15, 0.2) is 0 Å². The van der Waals surface area contributed by atoms with E-state index in [4.69, 9.17) is 0 Å². The third kappa shape index (κ3) is 7.53. The molecule has 0 aromatic heterocycles. The monoisotopic (exact) mass is 327 g/mol. The van der Waals surface area contributed by atoms with Crippen LogP contribution in [-0.4, -0.2) is 70.7 Å². The molecule has 0 aromatic rings. The summed E-state index contributed by atoms with van der Waals surface area (Å²) in [6.45, 7) is 27.5. The smallest absolute Gasteiger partial charge is 0.0677 e. The van der Waals surface area contributed by atoms with Crippen LogP contribution in [-0.2, 0) is 0 Å². The molecular formula is C20H45N3. The minimum absolute atomic E-state index is 0.553. The van der Waals surface area contributed by atoms with Gasteiger partial charge in [-0.05, 0) is 69.2 Å². The molecule has 0 saturated heterocycles. The quantitative estimate of drug-likeness (QED) is 0.414. The zero-order valence-corrected chi connectivity index (χ0v) is 17.8. The highest BCUT2D eigenvalue weighted by Gasteiger charge is 2.25. The first-order valence-corrected chi connectivity index (χ1v) is 9.65. The Morgan fingerprint density at radius 2 is 0.870 bits per heavy atom. The van der Waals surface area contributed by atoms with Crippen LogP contribution in [0.25, 0.3) is 0 Å². The van der Waals surface area contributed by atoms with Gasteiger partial charge in [0.25, 0.3) is 0 Å². The van der Waals surface area contributed by atoms with Crippen LogP contribution in [0.2, 0.25) is 0 Å². The van der Waals surface area contributed by atoms with Crippen LogP contribution in [0.4, 0.5) is 0 Å². The summed E-state index contributed by atoms with van der Waals surface area (Å²) < 4.78 is 0.909. The molecule has 0 aliphatic carbocycles. The van der Waals surface area contributed by atoms with E-state index >= 15 is 0 Å². The molecule has 0 bridgehead atoms. The van der Waals surface area contributed by atoms with Crippen molar-refractivity contribution in [2.75, 3.05) is 26.2 Å². The maximum atomic E-state index is 4.63. The van der Waals surface area contributed by atoms with Gasteiger partial charge in [-0.2, -0.15) is 0 Å². The lowest BCUT2D eigenvalue weighted by Crippen LogP contribution is -2.56. The second kappa shape index (κ2) is 10.0. The molecule has 0 saturated carbocycles. The first-order valence-electron chi connectivity index (χ1n) is 9.65. The normalized spacial score (nSPS) is 13.8. The molecule has 0 amide bonds. The number of hydrogen-bond donors (Lipinski definition) is 0. The number of rotatable bonds is 11. The topological polar surface area (TPSA) is 6.48 Å². The molecule has 0 aromatic carbocycles. The molecule has 23 heavy (non-hydrogen) atoms. The van der Waals surface area contributed by atoms with Crippen LogP contribution in [0.15, 0.2) is 0 Å². The van der Waals surface area contributed by atoms with E-state index in [0.717, 1.165) is 30.7 Å². The van der Waals surface area contributed by atoms with Crippen molar-refractivity contribution in [2.45, 2.75) is 99.4 Å². The van der Waals surface area contributed by atoms with Gasteiger partial charge in [0, 0.05) is 37.3 Å². The van der Waals surface area contributed by atoms with Crippen molar-refractivity contribution in [3.8, 4) is 0 Å². The van der Waals surface area contributed by atoms with Gasteiger partial charge in [-0.1, -0.05) is 0 Å². The highest BCUT2D eigenvalue weighted by atomic mass is 15.4. The van der Waals surface area contributed by atoms with Crippen LogP contribution in [0.5, 0.6) is 0 Å². The summed E-state index contributed by atoms with van der Waals surface area (Å²) >= 11 is 0. The van der Waals surface area contributed by atoms with Gasteiger partial charge in [0.2, 0.25) is 0 Å². The minimum Gasteiger partial charge on any atom is -0.453 e. The van der Waals surface area contributed by atoms with Crippen LogP contribution < -0.4 is 0 Å². The van der Waals surface area contributed by atoms with Crippen molar-refractivity contribution in [1.29, 1.82) is 0 Å². The fraction of sp³-hybridized carbons (Fsp3) is 0.950. The second-order valence-corrected chi connectivity index (χ2v) is 8.61. The SMILES string of the molecule is [CH2-][N+](CCN(C(C)C)C(C)C)(CCN(C(C)C)C(C)C)C(C)C. The highest BCUT2D eigenvalue weighted by molar-refractivity contribution is 4.70. The molecule has 0 heterocycles. The van der Waals surface area contributed by atoms with Crippen molar-refractivity contribution >= 4 is 0 Å². The molecule has 0 aliphatic rings. The van der Waals surface area contributed by atoms with Crippen LogP contribution in [0.3, 0.4) is 0 Å². The van der Waals surface area contributed by atoms with Crippen molar-refractivity contribution < 1.29 is 4.48 Å². The first kappa shape index (κ1) is 22.9. The Morgan fingerprint density at radius 1 is 0.609 bits per heavy atom. The summed E-state index contributed by atoms with van der Waals surface area (Å²) in [4.78, 5) is 5.17. The molecule has 140 valence electrons. The summed E-state index contributed by atoms with van der Waals surface area (Å²) in [7, 11) is 4.63. The zero-order chi connectivity index (χ0) is 18.4. The van der Waals surface area contributed by atoms with Gasteiger partial charge in [0.05, 0.1) is 19.1 Å². The summed E-state index contributed by atoms with van der Waals surface area (Å²) in [5.74, 6) is 0. The van der Waals surface area contributed by atoms with E-state index < -0.39 is 0 Å². The Balaban J connectivity index is 4.86. The van der Waals surface area contributed by atoms with Crippen molar-refractivity contribution in [3.63, 3.8) is 0 Å². The molecule has 0 rings (SSSR count). The lowest BCUT2D eigenvalue weighted by Gasteiger charge is -2.49. The fourth-order valence-corrected chi connectivity index (χ4v) is 3.48. The van der Waals surface area contributed by atoms with Gasteiger partial charge < -0.3 is 4.48 Å². The van der Waals surface area contributed by atoms with Gasteiger partial charge >= 0.3 is 0 Å². The minimum atomic E-state index is 0.553. The molecular weight excluding hydrogens is 282 g/mol. The maximum absolute atomic E-state index is 4.63. The van der Waals surface area contributed by atoms with E-state index in [1.54, 1.807) is 0 Å². The number of quaternary nitrogens is 1. The number of nitrogens with zero attached hydrogens (tertiary/aromatic N) is 3. The van der Waals surface area contributed by atoms with Crippen LogP contribution in [0.1, 0.15) is 69.2 Å². The molecule has 3 nitrogen and oxygen atoms in total. The summed E-state index contributed by atoms with van der Waals surface area (Å²) in [6.07, 6.45) is 0. The average Bonchev–Trinajstić information content (AvgIpc) is 2.36. The van der Waals surface area contributed by atoms with Crippen molar-refractivity contribution in [2.24, 2.45) is 0 Å². The molecule has 0 radical (unpaired) electrons. The lowest BCUT2D eigenvalue weighted by molar-refractivity contribution is -0.905. The summed E-state index contributed by atoms with van der Waals surface area (Å²) in [6, 6.07) is 2.94. The van der Waals surface area contributed by atoms with E-state index in [0.29, 0.717) is 30.2 Å². The Hall–Kier alpha value is -0.120. The highest BCUT2D eigenvalue weighted by Crippen LogP contribution is 2.16. The lowest BCUT2D eigenvalue weighted by atomic mass is 10.1. The van der Waals surface area contributed by atoms with E-state index in [1.807, 2.05) is 0 Å². The molecule has 3 heteroatoms. The summed E-state index contributed by atoms with van der Waals surface area (Å²) in [5, 5.41) is 0. The standard InChI is InChI=1S/C20H45N3/c1-16(2)21(17(3)4)12-14-23(11,20(9)10)15-13-22(18(5)6)19(7)8/h16-20H,11-15H2,1-10H3. The average molecular weight is 328 g/mol. The zero-order valence-electron chi connectivity index (χ0n) is 17.8. The van der Waals surface area contributed by atoms with Crippen LogP contribution in [0, 0.1) is 7.05 Å². The van der Waals surface area contributed by atoms with Gasteiger partial charge in [-0.3, -0.25) is 9.80 Å². The van der Waals surface area contributed by atoms with Gasteiger partial charge in [0.1, 0.15) is 0 Å². The third-order valence-corrected chi connectivity index (χ3v) is 5.36. The second-order valence-electron chi connectivity index (χ2n) is 8.61. The molecule has 0 atom stereocenters. The van der Waals surface area contributed by atoms with Crippen molar-refractivity contribution in [1.82, 2.24) is 9.80 Å². The van der Waals surface area contributed by atoms with Gasteiger partial charge in [-0.15, -0.1) is 7.05 Å². The maximum Gasteiger partial charge on any atom is 0.0677 e. The van der Waals surface area contributed by atoms with E-state index in [2.05, 4.69) is 86.1 Å². The Labute approximate surface area is 147 Å². The van der Waals surface area contributed by atoms with E-state index in [-0.39, 0.29) is 0 Å². The first-order chi connectivity index (χ1) is 10.4. The van der Waals surface area contributed by atoms with Crippen LogP contribution >= 0.6 is 0 Å². The van der Waals surface area contributed by atoms with Gasteiger partial charge in [-0.25, -0.2) is 0 Å². The third-order valence-electron chi connectivity index (χ3n) is 5.36. The molecule has 0 aliphatic heterocycles. The van der Waals surface area contributed by atoms with Crippen molar-refractivity contribution in [3.05, 3.63) is 7.05 Å². The predicted octanol–water partition coefficient (Wildman–Crippen LogP) is 4.24. The van der Waals surface area contributed by atoms with E-state index in [9.17, 15) is 0 Å². The number of hydrogen-bond acceptors (Lipinski definition) is 2. The Kier molecular flexibility index (Phi) is 9.95. The molecule has 0 N–H and O–H groups in total. The Bertz CT molecular complexity index is 268. The molecule has 0 spiro atoms. The fourth-order valence-electron chi connectivity index (χ4n) is 3.48. The largest absolute Gasteiger partial charge is 0.453 e. The summed E-state index contributed by atoms with van der Waals surface area (Å²) in [5.41, 5.74) is 0.